The van der Waals surface area contributed by atoms with Crippen LogP contribution in [0, 0.1) is 5.92 Å². The number of fused-ring (bicyclic) bond motifs is 3. The molecule has 3 saturated heterocycles. The SMILES string of the molecule is O=C1N(Cc2cccnc2)C[C@@H]2C[C@@H](c3cccc4c3oc3ccccc34)N3CCC[C@@]123. The third-order valence-corrected chi connectivity index (χ3v) is 8.02. The van der Waals surface area contributed by atoms with Crippen molar-refractivity contribution in [3.63, 3.8) is 0 Å². The summed E-state index contributed by atoms with van der Waals surface area (Å²) in [4.78, 5) is 22.6. The van der Waals surface area contributed by atoms with Gasteiger partial charge in [-0.05, 0) is 43.5 Å². The second-order valence-electron chi connectivity index (χ2n) is 9.54. The Morgan fingerprint density at radius 1 is 1.06 bits per heavy atom. The van der Waals surface area contributed by atoms with Crippen LogP contribution in [0.4, 0.5) is 0 Å². The van der Waals surface area contributed by atoms with Crippen molar-refractivity contribution >= 4 is 27.8 Å². The fourth-order valence-electron chi connectivity index (χ4n) is 6.75. The zero-order chi connectivity index (χ0) is 21.3. The molecule has 0 radical (unpaired) electrons. The first-order valence-electron chi connectivity index (χ1n) is 11.6. The molecular formula is C27H25N3O2. The van der Waals surface area contributed by atoms with Gasteiger partial charge in [0, 0.05) is 53.8 Å². The van der Waals surface area contributed by atoms with Crippen LogP contribution < -0.4 is 0 Å². The van der Waals surface area contributed by atoms with Crippen molar-refractivity contribution in [2.24, 2.45) is 5.92 Å². The number of aromatic nitrogens is 1. The molecule has 5 nitrogen and oxygen atoms in total. The lowest BCUT2D eigenvalue weighted by Crippen LogP contribution is -2.49. The molecule has 2 aromatic heterocycles. The molecule has 3 aliphatic heterocycles. The first kappa shape index (κ1) is 18.4. The second kappa shape index (κ2) is 6.66. The Kier molecular flexibility index (Phi) is 3.83. The maximum atomic E-state index is 13.8. The van der Waals surface area contributed by atoms with Crippen LogP contribution in [0.1, 0.15) is 36.4 Å². The number of furan rings is 1. The van der Waals surface area contributed by atoms with E-state index < -0.39 is 0 Å². The van der Waals surface area contributed by atoms with Gasteiger partial charge in [0.2, 0.25) is 5.91 Å². The monoisotopic (exact) mass is 423 g/mol. The van der Waals surface area contributed by atoms with Gasteiger partial charge in [0.05, 0.1) is 0 Å². The summed E-state index contributed by atoms with van der Waals surface area (Å²) in [6, 6.07) is 19.0. The molecule has 7 rings (SSSR count). The molecule has 160 valence electrons. The molecule has 1 amide bonds. The van der Waals surface area contributed by atoms with Crippen molar-refractivity contribution in [3.8, 4) is 0 Å². The van der Waals surface area contributed by atoms with Crippen molar-refractivity contribution in [2.45, 2.75) is 37.4 Å². The minimum atomic E-state index is -0.346. The highest BCUT2D eigenvalue weighted by atomic mass is 16.3. The average molecular weight is 424 g/mol. The second-order valence-corrected chi connectivity index (χ2v) is 9.54. The van der Waals surface area contributed by atoms with Crippen LogP contribution in [0.15, 0.2) is 71.4 Å². The quantitative estimate of drug-likeness (QED) is 0.469. The molecular weight excluding hydrogens is 398 g/mol. The van der Waals surface area contributed by atoms with Gasteiger partial charge in [-0.2, -0.15) is 0 Å². The third-order valence-electron chi connectivity index (χ3n) is 8.02. The van der Waals surface area contributed by atoms with Crippen LogP contribution in [0.3, 0.4) is 0 Å². The molecule has 5 heteroatoms. The number of benzene rings is 2. The fourth-order valence-corrected chi connectivity index (χ4v) is 6.75. The van der Waals surface area contributed by atoms with Crippen molar-refractivity contribution in [1.29, 1.82) is 0 Å². The highest BCUT2D eigenvalue weighted by Gasteiger charge is 2.65. The largest absolute Gasteiger partial charge is 0.456 e. The standard InChI is InChI=1S/C27H25N3O2/c31-26-27-11-5-13-30(27)23(14-19(27)17-29(26)16-18-6-4-12-28-15-18)22-9-3-8-21-20-7-1-2-10-24(20)32-25(21)22/h1-4,6-10,12,15,19,23H,5,11,13-14,16-17H2/t19-,23-,27-/m0/s1. The lowest BCUT2D eigenvalue weighted by atomic mass is 9.85. The summed E-state index contributed by atoms with van der Waals surface area (Å²) in [5, 5.41) is 2.34. The Morgan fingerprint density at radius 2 is 1.97 bits per heavy atom. The third kappa shape index (κ3) is 2.37. The highest BCUT2D eigenvalue weighted by molar-refractivity contribution is 6.06. The topological polar surface area (TPSA) is 49.6 Å². The number of rotatable bonds is 3. The Bertz CT molecular complexity index is 1350. The van der Waals surface area contributed by atoms with Crippen LogP contribution in [-0.4, -0.2) is 39.3 Å². The molecule has 5 heterocycles. The summed E-state index contributed by atoms with van der Waals surface area (Å²) in [5.41, 5.74) is 3.91. The number of carbonyl (C=O) groups is 1. The Labute approximate surface area is 186 Å². The van der Waals surface area contributed by atoms with E-state index in [2.05, 4.69) is 51.2 Å². The Balaban J connectivity index is 1.27. The molecule has 0 N–H and O–H groups in total. The van der Waals surface area contributed by atoms with Crippen molar-refractivity contribution < 1.29 is 9.21 Å². The maximum absolute atomic E-state index is 13.8. The van der Waals surface area contributed by atoms with E-state index >= 15 is 0 Å². The normalized spacial score (nSPS) is 27.5. The van der Waals surface area contributed by atoms with Gasteiger partial charge in [0.15, 0.2) is 0 Å². The zero-order valence-electron chi connectivity index (χ0n) is 17.9. The van der Waals surface area contributed by atoms with E-state index in [0.29, 0.717) is 18.4 Å². The zero-order valence-corrected chi connectivity index (χ0v) is 17.9. The van der Waals surface area contributed by atoms with Gasteiger partial charge in [-0.15, -0.1) is 0 Å². The summed E-state index contributed by atoms with van der Waals surface area (Å²) in [6.07, 6.45) is 6.70. The van der Waals surface area contributed by atoms with Gasteiger partial charge in [0.25, 0.3) is 0 Å². The van der Waals surface area contributed by atoms with E-state index in [-0.39, 0.29) is 11.6 Å². The highest BCUT2D eigenvalue weighted by Crippen LogP contribution is 2.57. The van der Waals surface area contributed by atoms with E-state index in [1.165, 1.54) is 10.9 Å². The minimum absolute atomic E-state index is 0.233. The molecule has 3 atom stereocenters. The summed E-state index contributed by atoms with van der Waals surface area (Å²) < 4.78 is 6.36. The van der Waals surface area contributed by atoms with E-state index in [0.717, 1.165) is 54.5 Å². The summed E-state index contributed by atoms with van der Waals surface area (Å²) in [5.74, 6) is 0.668. The van der Waals surface area contributed by atoms with E-state index in [1.807, 2.05) is 24.4 Å². The molecule has 0 aliphatic carbocycles. The van der Waals surface area contributed by atoms with Gasteiger partial charge in [-0.3, -0.25) is 14.7 Å². The van der Waals surface area contributed by atoms with E-state index in [9.17, 15) is 4.79 Å². The average Bonchev–Trinajstić information content (AvgIpc) is 3.55. The lowest BCUT2D eigenvalue weighted by Gasteiger charge is -2.33. The van der Waals surface area contributed by atoms with Crippen LogP contribution in [-0.2, 0) is 11.3 Å². The molecule has 3 fully saturated rings. The molecule has 1 spiro atoms. The summed E-state index contributed by atoms with van der Waals surface area (Å²) in [7, 11) is 0. The van der Waals surface area contributed by atoms with Crippen LogP contribution in [0.2, 0.25) is 0 Å². The van der Waals surface area contributed by atoms with E-state index in [4.69, 9.17) is 4.42 Å². The van der Waals surface area contributed by atoms with Crippen LogP contribution in [0.25, 0.3) is 21.9 Å². The first-order valence-corrected chi connectivity index (χ1v) is 11.6. The Hall–Kier alpha value is -3.18. The van der Waals surface area contributed by atoms with Crippen molar-refractivity contribution in [3.05, 3.63) is 78.1 Å². The number of nitrogens with zero attached hydrogens (tertiary/aromatic N) is 3. The lowest BCUT2D eigenvalue weighted by molar-refractivity contribution is -0.137. The van der Waals surface area contributed by atoms with Gasteiger partial charge >= 0.3 is 0 Å². The molecule has 4 aromatic rings. The molecule has 0 bridgehead atoms. The number of pyridine rings is 1. The maximum Gasteiger partial charge on any atom is 0.243 e. The summed E-state index contributed by atoms with van der Waals surface area (Å²) in [6.45, 7) is 2.46. The van der Waals surface area contributed by atoms with Gasteiger partial charge in [0.1, 0.15) is 16.7 Å². The van der Waals surface area contributed by atoms with Crippen LogP contribution in [0.5, 0.6) is 0 Å². The number of hydrogen-bond donors (Lipinski definition) is 0. The van der Waals surface area contributed by atoms with Crippen molar-refractivity contribution in [2.75, 3.05) is 13.1 Å². The molecule has 0 saturated carbocycles. The number of para-hydroxylation sites is 2. The predicted molar refractivity (Wildman–Crippen MR) is 123 cm³/mol. The molecule has 3 aliphatic rings. The molecule has 32 heavy (non-hydrogen) atoms. The van der Waals surface area contributed by atoms with Gasteiger partial charge in [-0.1, -0.05) is 42.5 Å². The predicted octanol–water partition coefficient (Wildman–Crippen LogP) is 4.92. The van der Waals surface area contributed by atoms with Gasteiger partial charge in [-0.25, -0.2) is 0 Å². The van der Waals surface area contributed by atoms with Gasteiger partial charge < -0.3 is 9.32 Å². The number of carbonyl (C=O) groups excluding carboxylic acids is 1. The van der Waals surface area contributed by atoms with E-state index in [1.54, 1.807) is 6.20 Å². The summed E-state index contributed by atoms with van der Waals surface area (Å²) >= 11 is 0. The molecule has 2 aromatic carbocycles. The smallest absolute Gasteiger partial charge is 0.243 e. The fraction of sp³-hybridized carbons (Fsp3) is 0.333. The number of likely N-dealkylation sites (tertiary alicyclic amines) is 1. The first-order chi connectivity index (χ1) is 15.8. The minimum Gasteiger partial charge on any atom is -0.456 e. The number of hydrogen-bond acceptors (Lipinski definition) is 4. The Morgan fingerprint density at radius 3 is 2.88 bits per heavy atom. The number of amides is 1. The van der Waals surface area contributed by atoms with Crippen molar-refractivity contribution in [1.82, 2.24) is 14.8 Å². The van der Waals surface area contributed by atoms with Crippen LogP contribution >= 0.6 is 0 Å². The molecule has 0 unspecified atom stereocenters.